The Morgan fingerprint density at radius 1 is 1.04 bits per heavy atom. The van der Waals surface area contributed by atoms with Crippen molar-refractivity contribution in [3.8, 4) is 0 Å². The second-order valence-corrected chi connectivity index (χ2v) is 8.53. The van der Waals surface area contributed by atoms with Crippen LogP contribution in [0.2, 0.25) is 0 Å². The van der Waals surface area contributed by atoms with Gasteiger partial charge in [-0.15, -0.1) is 0 Å². The van der Waals surface area contributed by atoms with E-state index in [1.54, 1.807) is 58.9 Å². The summed E-state index contributed by atoms with van der Waals surface area (Å²) in [5.74, 6) is -1.12. The van der Waals surface area contributed by atoms with E-state index >= 15 is 0 Å². The van der Waals surface area contributed by atoms with Gasteiger partial charge in [0.25, 0.3) is 5.91 Å². The maximum atomic E-state index is 12.5. The molecule has 1 atom stereocenters. The fraction of sp³-hybridized carbons (Fsp3) is 0.500. The zero-order chi connectivity index (χ0) is 20.1. The van der Waals surface area contributed by atoms with Crippen molar-refractivity contribution in [1.82, 2.24) is 10.6 Å². The maximum absolute atomic E-state index is 12.5. The first-order valence-electron chi connectivity index (χ1n) is 8.01. The van der Waals surface area contributed by atoms with Crippen molar-refractivity contribution >= 4 is 40.6 Å². The lowest BCUT2D eigenvalue weighted by atomic mass is 9.94. The molecule has 0 bridgehead atoms. The molecular weight excluding hydrogens is 451 g/mol. The predicted molar refractivity (Wildman–Crippen MR) is 106 cm³/mol. The van der Waals surface area contributed by atoms with Crippen LogP contribution in [0.4, 0.5) is 4.79 Å². The minimum absolute atomic E-state index is 0.396. The van der Waals surface area contributed by atoms with Crippen LogP contribution in [0.15, 0.2) is 24.3 Å². The second-order valence-electron chi connectivity index (χ2n) is 7.29. The first-order valence-corrected chi connectivity index (χ1v) is 9.09. The average Bonchev–Trinajstić information content (AvgIpc) is 2.49. The van der Waals surface area contributed by atoms with Gasteiger partial charge in [0.05, 0.1) is 12.6 Å². The number of amides is 2. The molecule has 0 aliphatic carbocycles. The normalized spacial score (nSPS) is 12.7. The Labute approximate surface area is 167 Å². The third kappa shape index (κ3) is 6.81. The Morgan fingerprint density at radius 3 is 2.04 bits per heavy atom. The number of nitrogens with one attached hydrogen (secondary N) is 2. The van der Waals surface area contributed by atoms with Crippen LogP contribution in [0.1, 0.15) is 45.0 Å². The zero-order valence-corrected chi connectivity index (χ0v) is 18.0. The van der Waals surface area contributed by atoms with Gasteiger partial charge in [-0.25, -0.2) is 9.59 Å². The lowest BCUT2D eigenvalue weighted by molar-refractivity contribution is -0.144. The zero-order valence-electron chi connectivity index (χ0n) is 15.8. The number of methoxy groups -OCH3 is 1. The average molecular weight is 476 g/mol. The summed E-state index contributed by atoms with van der Waals surface area (Å²) < 4.78 is 11.0. The van der Waals surface area contributed by atoms with E-state index in [4.69, 9.17) is 9.47 Å². The van der Waals surface area contributed by atoms with Gasteiger partial charge in [-0.05, 0) is 81.5 Å². The van der Waals surface area contributed by atoms with Crippen LogP contribution >= 0.6 is 22.6 Å². The summed E-state index contributed by atoms with van der Waals surface area (Å²) >= 11 is 2.13. The molecule has 0 aliphatic heterocycles. The molecule has 0 heterocycles. The molecule has 1 rings (SSSR count). The van der Waals surface area contributed by atoms with Crippen LogP contribution in [0.5, 0.6) is 0 Å². The Morgan fingerprint density at radius 2 is 1.58 bits per heavy atom. The highest BCUT2D eigenvalue weighted by Crippen LogP contribution is 2.15. The minimum atomic E-state index is -1.14. The summed E-state index contributed by atoms with van der Waals surface area (Å²) in [4.78, 5) is 36.8. The first-order chi connectivity index (χ1) is 11.9. The first kappa shape index (κ1) is 22.2. The van der Waals surface area contributed by atoms with Crippen molar-refractivity contribution in [3.63, 3.8) is 0 Å². The molecule has 0 radical (unpaired) electrons. The van der Waals surface area contributed by atoms with Crippen LogP contribution in [0.3, 0.4) is 0 Å². The quantitative estimate of drug-likeness (QED) is 0.504. The monoisotopic (exact) mass is 476 g/mol. The van der Waals surface area contributed by atoms with E-state index in [1.165, 1.54) is 7.11 Å². The van der Waals surface area contributed by atoms with Gasteiger partial charge < -0.3 is 20.1 Å². The van der Waals surface area contributed by atoms with Crippen molar-refractivity contribution in [2.45, 2.75) is 51.8 Å². The van der Waals surface area contributed by atoms with E-state index in [0.717, 1.165) is 3.57 Å². The molecule has 144 valence electrons. The van der Waals surface area contributed by atoms with Crippen molar-refractivity contribution in [2.75, 3.05) is 7.11 Å². The largest absolute Gasteiger partial charge is 0.467 e. The molecule has 2 N–H and O–H groups in total. The molecular formula is C18H25IN2O5. The van der Waals surface area contributed by atoms with E-state index in [9.17, 15) is 14.4 Å². The van der Waals surface area contributed by atoms with Crippen molar-refractivity contribution < 1.29 is 23.9 Å². The fourth-order valence-electron chi connectivity index (χ4n) is 2.11. The Hall–Kier alpha value is -1.84. The number of hydrogen-bond acceptors (Lipinski definition) is 5. The van der Waals surface area contributed by atoms with Crippen LogP contribution in [-0.4, -0.2) is 42.3 Å². The third-order valence-electron chi connectivity index (χ3n) is 3.36. The number of ether oxygens (including phenoxy) is 2. The highest BCUT2D eigenvalue weighted by molar-refractivity contribution is 14.1. The van der Waals surface area contributed by atoms with Gasteiger partial charge in [0.2, 0.25) is 0 Å². The number of carbonyl (C=O) groups excluding carboxylic acids is 3. The number of esters is 1. The Balaban J connectivity index is 2.97. The number of carbonyl (C=O) groups is 3. The van der Waals surface area contributed by atoms with Gasteiger partial charge in [-0.2, -0.15) is 0 Å². The lowest BCUT2D eigenvalue weighted by Crippen LogP contribution is -2.62. The molecule has 0 unspecified atom stereocenters. The molecule has 2 amide bonds. The molecule has 0 spiro atoms. The Bertz CT molecular complexity index is 665. The summed E-state index contributed by atoms with van der Waals surface area (Å²) in [5, 5.41) is 5.24. The summed E-state index contributed by atoms with van der Waals surface area (Å²) in [6, 6.07) is 5.77. The topological polar surface area (TPSA) is 93.7 Å². The van der Waals surface area contributed by atoms with E-state index < -0.39 is 35.2 Å². The molecule has 26 heavy (non-hydrogen) atoms. The number of hydrogen-bond donors (Lipinski definition) is 2. The molecule has 8 heteroatoms. The second kappa shape index (κ2) is 8.70. The van der Waals surface area contributed by atoms with Crippen molar-refractivity contribution in [1.29, 1.82) is 0 Å². The fourth-order valence-corrected chi connectivity index (χ4v) is 2.47. The van der Waals surface area contributed by atoms with Crippen LogP contribution in [0, 0.1) is 3.57 Å². The number of halogens is 1. The van der Waals surface area contributed by atoms with E-state index in [-0.39, 0.29) is 0 Å². The van der Waals surface area contributed by atoms with E-state index in [2.05, 4.69) is 33.2 Å². The van der Waals surface area contributed by atoms with Gasteiger partial charge in [0, 0.05) is 9.13 Å². The molecule has 0 aromatic heterocycles. The molecule has 7 nitrogen and oxygen atoms in total. The summed E-state index contributed by atoms with van der Waals surface area (Å²) in [7, 11) is 1.22. The molecule has 1 aromatic carbocycles. The third-order valence-corrected chi connectivity index (χ3v) is 4.08. The van der Waals surface area contributed by atoms with Gasteiger partial charge >= 0.3 is 12.1 Å². The lowest BCUT2D eigenvalue weighted by Gasteiger charge is -2.34. The summed E-state index contributed by atoms with van der Waals surface area (Å²) in [5.41, 5.74) is -1.44. The molecule has 0 fully saturated rings. The number of alkyl carbamates (subject to hydrolysis) is 1. The SMILES string of the molecule is COC(=O)[C@@H](NC(=O)c1ccc(I)cc1)C(C)(C)NC(=O)OC(C)(C)C. The highest BCUT2D eigenvalue weighted by Gasteiger charge is 2.39. The predicted octanol–water partition coefficient (Wildman–Crippen LogP) is 2.87. The van der Waals surface area contributed by atoms with Crippen LogP contribution in [0.25, 0.3) is 0 Å². The summed E-state index contributed by atoms with van der Waals surface area (Å²) in [6.45, 7) is 8.40. The summed E-state index contributed by atoms with van der Waals surface area (Å²) in [6.07, 6.45) is -0.695. The minimum Gasteiger partial charge on any atom is -0.467 e. The highest BCUT2D eigenvalue weighted by atomic mass is 127. The number of benzene rings is 1. The van der Waals surface area contributed by atoms with Gasteiger partial charge in [-0.3, -0.25) is 4.79 Å². The Kier molecular flexibility index (Phi) is 7.43. The maximum Gasteiger partial charge on any atom is 0.408 e. The smallest absolute Gasteiger partial charge is 0.408 e. The standard InChI is InChI=1S/C18H25IN2O5/c1-17(2,3)26-16(24)21-18(4,5)13(15(23)25-6)20-14(22)11-7-9-12(19)10-8-11/h7-10,13H,1-6H3,(H,20,22)(H,21,24)/t13-/m1/s1. The molecule has 0 saturated heterocycles. The van der Waals surface area contributed by atoms with Gasteiger partial charge in [0.15, 0.2) is 0 Å². The van der Waals surface area contributed by atoms with Gasteiger partial charge in [-0.1, -0.05) is 0 Å². The van der Waals surface area contributed by atoms with Crippen molar-refractivity contribution in [2.24, 2.45) is 0 Å². The van der Waals surface area contributed by atoms with Crippen LogP contribution in [-0.2, 0) is 14.3 Å². The van der Waals surface area contributed by atoms with Gasteiger partial charge in [0.1, 0.15) is 11.6 Å². The molecule has 0 aliphatic rings. The molecule has 1 aromatic rings. The van der Waals surface area contributed by atoms with Crippen molar-refractivity contribution in [3.05, 3.63) is 33.4 Å². The van der Waals surface area contributed by atoms with E-state index in [0.29, 0.717) is 5.56 Å². The van der Waals surface area contributed by atoms with E-state index in [1.807, 2.05) is 0 Å². The van der Waals surface area contributed by atoms with Crippen LogP contribution < -0.4 is 10.6 Å². The molecule has 0 saturated carbocycles. The number of rotatable bonds is 5.